The first-order valence-corrected chi connectivity index (χ1v) is 6.34. The van der Waals surface area contributed by atoms with Crippen LogP contribution in [0.4, 0.5) is 14.5 Å². The monoisotopic (exact) mass is 269 g/mol. The highest BCUT2D eigenvalue weighted by Crippen LogP contribution is 2.32. The van der Waals surface area contributed by atoms with Gasteiger partial charge >= 0.3 is 7.48 Å². The van der Waals surface area contributed by atoms with Gasteiger partial charge in [0.1, 0.15) is 11.5 Å². The fraction of sp³-hybridized carbons (Fsp3) is 0.571. The van der Waals surface area contributed by atoms with E-state index in [1.807, 2.05) is 34.6 Å². The fourth-order valence-electron chi connectivity index (χ4n) is 1.45. The molecule has 2 N–H and O–H groups in total. The third-order valence-corrected chi connectivity index (χ3v) is 3.89. The van der Waals surface area contributed by atoms with Crippen LogP contribution in [0.1, 0.15) is 40.2 Å². The van der Waals surface area contributed by atoms with E-state index >= 15 is 0 Å². The molecule has 0 heterocycles. The third-order valence-electron chi connectivity index (χ3n) is 3.89. The van der Waals surface area contributed by atoms with Crippen LogP contribution in [-0.4, -0.2) is 13.1 Å². The molecule has 2 nitrogen and oxygen atoms in total. The van der Waals surface area contributed by atoms with E-state index in [9.17, 15) is 8.78 Å². The number of nitrogen functional groups attached to an aromatic ring is 1. The Morgan fingerprint density at radius 3 is 2.11 bits per heavy atom. The summed E-state index contributed by atoms with van der Waals surface area (Å²) in [5.41, 5.74) is 5.05. The Balaban J connectivity index is 2.97. The highest BCUT2D eigenvalue weighted by Gasteiger charge is 2.33. The predicted octanol–water partition coefficient (Wildman–Crippen LogP) is 2.67. The first-order valence-electron chi connectivity index (χ1n) is 6.34. The van der Waals surface area contributed by atoms with Crippen molar-refractivity contribution in [2.24, 2.45) is 5.41 Å². The van der Waals surface area contributed by atoms with Crippen molar-refractivity contribution in [1.82, 2.24) is 0 Å². The van der Waals surface area contributed by atoms with Crippen LogP contribution < -0.4 is 11.2 Å². The molecule has 106 valence electrons. The standard InChI is InChI=1S/C14H22BF2NO/c1-8-7-9(11(17)12(18)10(8)16)15-19-14(5,6)13(2,3)4/h7,15H,18H2,1-6H3. The van der Waals surface area contributed by atoms with Crippen molar-refractivity contribution in [3.63, 3.8) is 0 Å². The van der Waals surface area contributed by atoms with E-state index in [1.165, 1.54) is 6.07 Å². The predicted molar refractivity (Wildman–Crippen MR) is 76.9 cm³/mol. The molecule has 5 heteroatoms. The molecule has 0 atom stereocenters. The van der Waals surface area contributed by atoms with Gasteiger partial charge < -0.3 is 10.4 Å². The summed E-state index contributed by atoms with van der Waals surface area (Å²) in [4.78, 5) is 0. The second kappa shape index (κ2) is 5.12. The lowest BCUT2D eigenvalue weighted by molar-refractivity contribution is 0.00495. The fourth-order valence-corrected chi connectivity index (χ4v) is 1.45. The zero-order valence-corrected chi connectivity index (χ0v) is 12.5. The molecule has 0 saturated heterocycles. The number of hydrogen-bond acceptors (Lipinski definition) is 2. The second-order valence-electron chi connectivity index (χ2n) is 6.44. The van der Waals surface area contributed by atoms with Gasteiger partial charge in [0.05, 0.1) is 5.60 Å². The smallest absolute Gasteiger partial charge is 0.312 e. The molecule has 1 aromatic carbocycles. The van der Waals surface area contributed by atoms with Crippen LogP contribution in [0.2, 0.25) is 0 Å². The Bertz CT molecular complexity index is 481. The zero-order chi connectivity index (χ0) is 15.0. The molecule has 0 spiro atoms. The maximum atomic E-state index is 13.9. The van der Waals surface area contributed by atoms with Gasteiger partial charge in [-0.25, -0.2) is 8.78 Å². The van der Waals surface area contributed by atoms with E-state index in [4.69, 9.17) is 10.4 Å². The third kappa shape index (κ3) is 3.27. The minimum absolute atomic E-state index is 0.0709. The van der Waals surface area contributed by atoms with Gasteiger partial charge in [-0.2, -0.15) is 0 Å². The van der Waals surface area contributed by atoms with Crippen LogP contribution in [0.15, 0.2) is 6.07 Å². The minimum atomic E-state index is -0.729. The van der Waals surface area contributed by atoms with Crippen LogP contribution in [0.25, 0.3) is 0 Å². The van der Waals surface area contributed by atoms with Gasteiger partial charge in [-0.05, 0) is 37.2 Å². The van der Waals surface area contributed by atoms with Gasteiger partial charge in [-0.15, -0.1) is 0 Å². The van der Waals surface area contributed by atoms with Gasteiger partial charge in [0.25, 0.3) is 0 Å². The Morgan fingerprint density at radius 1 is 1.11 bits per heavy atom. The maximum absolute atomic E-state index is 13.9. The summed E-state index contributed by atoms with van der Waals surface area (Å²) >= 11 is 0. The Hall–Kier alpha value is -1.10. The summed E-state index contributed by atoms with van der Waals surface area (Å²) < 4.78 is 33.1. The van der Waals surface area contributed by atoms with Gasteiger partial charge in [0, 0.05) is 0 Å². The normalized spacial score (nSPS) is 12.6. The first-order chi connectivity index (χ1) is 8.47. The van der Waals surface area contributed by atoms with E-state index in [0.29, 0.717) is 5.56 Å². The van der Waals surface area contributed by atoms with Crippen molar-refractivity contribution >= 4 is 18.6 Å². The number of anilines is 1. The Labute approximate surface area is 114 Å². The number of aryl methyl sites for hydroxylation is 1. The van der Waals surface area contributed by atoms with Gasteiger partial charge in [0.15, 0.2) is 5.82 Å². The van der Waals surface area contributed by atoms with Gasteiger partial charge in [-0.3, -0.25) is 0 Å². The molecule has 0 bridgehead atoms. The molecule has 0 fully saturated rings. The van der Waals surface area contributed by atoms with Crippen molar-refractivity contribution in [3.8, 4) is 0 Å². The molecule has 0 aromatic heterocycles. The lowest BCUT2D eigenvalue weighted by atomic mass is 9.76. The molecule has 1 rings (SSSR count). The van der Waals surface area contributed by atoms with E-state index in [-0.39, 0.29) is 18.4 Å². The van der Waals surface area contributed by atoms with Crippen molar-refractivity contribution in [2.45, 2.75) is 47.1 Å². The minimum Gasteiger partial charge on any atom is -0.429 e. The molecule has 19 heavy (non-hydrogen) atoms. The lowest BCUT2D eigenvalue weighted by Crippen LogP contribution is -2.43. The van der Waals surface area contributed by atoms with Crippen LogP contribution in [0.3, 0.4) is 0 Å². The maximum Gasteiger partial charge on any atom is 0.312 e. The molecule has 0 amide bonds. The number of hydrogen-bond donors (Lipinski definition) is 1. The molecule has 0 unspecified atom stereocenters. The van der Waals surface area contributed by atoms with E-state index in [0.717, 1.165) is 0 Å². The summed E-state index contributed by atoms with van der Waals surface area (Å²) in [6, 6.07) is 1.44. The molecule has 0 saturated carbocycles. The number of benzene rings is 1. The summed E-state index contributed by atoms with van der Waals surface area (Å²) in [5, 5.41) is 0. The average molecular weight is 269 g/mol. The summed E-state index contributed by atoms with van der Waals surface area (Å²) in [6.07, 6.45) is 0. The quantitative estimate of drug-likeness (QED) is 0.676. The van der Waals surface area contributed by atoms with Crippen LogP contribution >= 0.6 is 0 Å². The van der Waals surface area contributed by atoms with Crippen LogP contribution in [0, 0.1) is 24.0 Å². The SMILES string of the molecule is Cc1cc(BOC(C)(C)C(C)(C)C)c(F)c(N)c1F. The van der Waals surface area contributed by atoms with Crippen molar-refractivity contribution in [2.75, 3.05) is 5.73 Å². The second-order valence-corrected chi connectivity index (χ2v) is 6.44. The molecule has 0 aliphatic carbocycles. The van der Waals surface area contributed by atoms with Gasteiger partial charge in [0.2, 0.25) is 0 Å². The zero-order valence-electron chi connectivity index (χ0n) is 12.5. The van der Waals surface area contributed by atoms with E-state index in [2.05, 4.69) is 0 Å². The molecule has 1 aromatic rings. The average Bonchev–Trinajstić information content (AvgIpc) is 2.28. The Morgan fingerprint density at radius 2 is 1.63 bits per heavy atom. The molecule has 0 aliphatic heterocycles. The van der Waals surface area contributed by atoms with Crippen molar-refractivity contribution in [1.29, 1.82) is 0 Å². The van der Waals surface area contributed by atoms with Crippen molar-refractivity contribution < 1.29 is 13.4 Å². The van der Waals surface area contributed by atoms with Crippen LogP contribution in [0.5, 0.6) is 0 Å². The largest absolute Gasteiger partial charge is 0.429 e. The molecular formula is C14H22BF2NO. The molecule has 0 radical (unpaired) electrons. The van der Waals surface area contributed by atoms with E-state index < -0.39 is 22.9 Å². The molecular weight excluding hydrogens is 247 g/mol. The summed E-state index contributed by atoms with van der Waals surface area (Å²) in [6.45, 7) is 11.6. The van der Waals surface area contributed by atoms with Crippen LogP contribution in [-0.2, 0) is 4.65 Å². The van der Waals surface area contributed by atoms with E-state index in [1.54, 1.807) is 6.92 Å². The Kier molecular flexibility index (Phi) is 4.30. The summed E-state index contributed by atoms with van der Waals surface area (Å²) in [5.74, 6) is -1.43. The first kappa shape index (κ1) is 16.0. The highest BCUT2D eigenvalue weighted by molar-refractivity contribution is 6.47. The summed E-state index contributed by atoms with van der Waals surface area (Å²) in [7, 11) is 0.0709. The number of nitrogens with two attached hydrogens (primary N) is 1. The van der Waals surface area contributed by atoms with Gasteiger partial charge in [-0.1, -0.05) is 26.8 Å². The molecule has 0 aliphatic rings. The number of halogens is 2. The van der Waals surface area contributed by atoms with Crippen molar-refractivity contribution in [3.05, 3.63) is 23.3 Å². The highest BCUT2D eigenvalue weighted by atomic mass is 19.1. The lowest BCUT2D eigenvalue weighted by Gasteiger charge is -2.39. The number of rotatable bonds is 3. The topological polar surface area (TPSA) is 35.2 Å².